The number of rotatable bonds is 0. The van der Waals surface area contributed by atoms with Crippen molar-refractivity contribution in [1.82, 2.24) is 9.97 Å². The number of fused-ring (bicyclic) bond motifs is 3. The first-order valence-corrected chi connectivity index (χ1v) is 6.80. The average molecular weight is 248 g/mol. The van der Waals surface area contributed by atoms with E-state index >= 15 is 0 Å². The molecule has 90 valence electrons. The Kier molecular flexibility index (Phi) is 2.20. The molecular formula is C13H16N2OS. The Morgan fingerprint density at radius 3 is 3.06 bits per heavy atom. The fourth-order valence-corrected chi connectivity index (χ4v) is 4.41. The van der Waals surface area contributed by atoms with Gasteiger partial charge in [-0.25, -0.2) is 4.98 Å². The number of aromatic nitrogens is 2. The molecule has 0 bridgehead atoms. The maximum atomic E-state index is 11.9. The first kappa shape index (κ1) is 11.0. The molecule has 0 fully saturated rings. The number of H-pyrrole nitrogens is 1. The lowest BCUT2D eigenvalue weighted by Crippen LogP contribution is -2.27. The predicted octanol–water partition coefficient (Wildman–Crippen LogP) is 2.84. The summed E-state index contributed by atoms with van der Waals surface area (Å²) < 4.78 is 0. The molecule has 0 radical (unpaired) electrons. The van der Waals surface area contributed by atoms with Crippen LogP contribution < -0.4 is 5.56 Å². The fraction of sp³-hybridized carbons (Fsp3) is 0.538. The highest BCUT2D eigenvalue weighted by atomic mass is 32.1. The van der Waals surface area contributed by atoms with Crippen LogP contribution >= 0.6 is 11.3 Å². The largest absolute Gasteiger partial charge is 0.313 e. The zero-order valence-electron chi connectivity index (χ0n) is 10.3. The molecule has 0 amide bonds. The summed E-state index contributed by atoms with van der Waals surface area (Å²) in [4.78, 5) is 21.2. The first-order valence-electron chi connectivity index (χ1n) is 5.98. The van der Waals surface area contributed by atoms with Crippen LogP contribution in [0.1, 0.15) is 37.6 Å². The van der Waals surface area contributed by atoms with Gasteiger partial charge in [0, 0.05) is 4.88 Å². The molecule has 1 aliphatic rings. The maximum Gasteiger partial charge on any atom is 0.259 e. The van der Waals surface area contributed by atoms with Gasteiger partial charge in [0.15, 0.2) is 0 Å². The van der Waals surface area contributed by atoms with Crippen molar-refractivity contribution in [2.45, 2.75) is 39.0 Å². The van der Waals surface area contributed by atoms with Crippen LogP contribution in [0, 0.1) is 5.92 Å². The molecule has 0 saturated heterocycles. The normalized spacial score (nSPS) is 22.6. The average Bonchev–Trinajstić information content (AvgIpc) is 2.57. The second kappa shape index (κ2) is 3.42. The lowest BCUT2D eigenvalue weighted by molar-refractivity contribution is 0.356. The Labute approximate surface area is 104 Å². The minimum Gasteiger partial charge on any atom is -0.313 e. The molecule has 0 aromatic carbocycles. The molecule has 4 heteroatoms. The van der Waals surface area contributed by atoms with Gasteiger partial charge in [-0.1, -0.05) is 20.8 Å². The van der Waals surface area contributed by atoms with E-state index < -0.39 is 0 Å². The molecule has 0 aliphatic heterocycles. The maximum absolute atomic E-state index is 11.9. The van der Waals surface area contributed by atoms with Gasteiger partial charge in [-0.3, -0.25) is 4.79 Å². The number of thiophene rings is 1. The van der Waals surface area contributed by atoms with Crippen molar-refractivity contribution in [3.8, 4) is 0 Å². The van der Waals surface area contributed by atoms with Gasteiger partial charge in [-0.2, -0.15) is 0 Å². The Morgan fingerprint density at radius 1 is 1.53 bits per heavy atom. The molecule has 3 rings (SSSR count). The molecule has 1 N–H and O–H groups in total. The van der Waals surface area contributed by atoms with Crippen molar-refractivity contribution in [2.75, 3.05) is 0 Å². The zero-order chi connectivity index (χ0) is 12.2. The topological polar surface area (TPSA) is 45.8 Å². The lowest BCUT2D eigenvalue weighted by atomic mass is 9.73. The third-order valence-corrected chi connectivity index (χ3v) is 5.13. The van der Waals surface area contributed by atoms with Gasteiger partial charge in [0.05, 0.1) is 11.7 Å². The van der Waals surface area contributed by atoms with Crippen LogP contribution in [0.2, 0.25) is 0 Å². The summed E-state index contributed by atoms with van der Waals surface area (Å²) in [5.41, 5.74) is 1.42. The van der Waals surface area contributed by atoms with E-state index in [-0.39, 0.29) is 11.0 Å². The number of hydrogen-bond donors (Lipinski definition) is 1. The number of aromatic amines is 1. The van der Waals surface area contributed by atoms with Crippen LogP contribution in [-0.4, -0.2) is 9.97 Å². The van der Waals surface area contributed by atoms with Gasteiger partial charge in [-0.05, 0) is 29.7 Å². The summed E-state index contributed by atoms with van der Waals surface area (Å²) in [5, 5.41) is 0.826. The van der Waals surface area contributed by atoms with Gasteiger partial charge in [-0.15, -0.1) is 11.3 Å². The fourth-order valence-electron chi connectivity index (χ4n) is 3.12. The lowest BCUT2D eigenvalue weighted by Gasteiger charge is -2.33. The van der Waals surface area contributed by atoms with E-state index in [9.17, 15) is 4.79 Å². The van der Waals surface area contributed by atoms with Crippen LogP contribution in [0.15, 0.2) is 11.1 Å². The molecule has 17 heavy (non-hydrogen) atoms. The summed E-state index contributed by atoms with van der Waals surface area (Å²) in [7, 11) is 0. The van der Waals surface area contributed by atoms with E-state index in [4.69, 9.17) is 0 Å². The molecule has 2 heterocycles. The molecule has 2 aromatic rings. The smallest absolute Gasteiger partial charge is 0.259 e. The van der Waals surface area contributed by atoms with E-state index in [1.165, 1.54) is 23.2 Å². The summed E-state index contributed by atoms with van der Waals surface area (Å²) in [6.07, 6.45) is 3.70. The number of nitrogens with zero attached hydrogens (tertiary/aromatic N) is 1. The van der Waals surface area contributed by atoms with Crippen molar-refractivity contribution in [1.29, 1.82) is 0 Å². The second-order valence-electron chi connectivity index (χ2n) is 5.72. The Balaban J connectivity index is 2.39. The monoisotopic (exact) mass is 248 g/mol. The number of hydrogen-bond acceptors (Lipinski definition) is 3. The predicted molar refractivity (Wildman–Crippen MR) is 70.8 cm³/mol. The third kappa shape index (κ3) is 1.54. The molecule has 0 spiro atoms. The molecule has 0 saturated carbocycles. The van der Waals surface area contributed by atoms with Gasteiger partial charge < -0.3 is 4.98 Å². The van der Waals surface area contributed by atoms with Crippen LogP contribution in [0.5, 0.6) is 0 Å². The molecule has 1 aliphatic carbocycles. The molecule has 3 nitrogen and oxygen atoms in total. The summed E-state index contributed by atoms with van der Waals surface area (Å²) in [5.74, 6) is 0.634. The Morgan fingerprint density at radius 2 is 2.29 bits per heavy atom. The summed E-state index contributed by atoms with van der Waals surface area (Å²) in [6, 6.07) is 0. The number of nitrogens with one attached hydrogen (secondary N) is 1. The Bertz CT molecular complexity index is 638. The van der Waals surface area contributed by atoms with Crippen molar-refractivity contribution in [3.05, 3.63) is 27.1 Å². The van der Waals surface area contributed by atoms with Crippen LogP contribution in [0.4, 0.5) is 0 Å². The highest BCUT2D eigenvalue weighted by molar-refractivity contribution is 7.19. The SMILES string of the molecule is C[C@H]1Cc2c(sc3nc[nH]c(=O)c23)C(C)(C)C1. The first-order chi connectivity index (χ1) is 7.99. The summed E-state index contributed by atoms with van der Waals surface area (Å²) in [6.45, 7) is 6.80. The molecular weight excluding hydrogens is 232 g/mol. The Hall–Kier alpha value is -1.16. The minimum absolute atomic E-state index is 0.0115. The van der Waals surface area contributed by atoms with Crippen LogP contribution in [-0.2, 0) is 11.8 Å². The van der Waals surface area contributed by atoms with Crippen molar-refractivity contribution < 1.29 is 0 Å². The van der Waals surface area contributed by atoms with E-state index in [0.29, 0.717) is 5.92 Å². The van der Waals surface area contributed by atoms with E-state index in [0.717, 1.165) is 16.6 Å². The van der Waals surface area contributed by atoms with Crippen molar-refractivity contribution in [3.63, 3.8) is 0 Å². The third-order valence-electron chi connectivity index (χ3n) is 3.62. The van der Waals surface area contributed by atoms with Crippen LogP contribution in [0.3, 0.4) is 0 Å². The van der Waals surface area contributed by atoms with Gasteiger partial charge in [0.1, 0.15) is 4.83 Å². The molecule has 1 atom stereocenters. The minimum atomic E-state index is 0.0115. The summed E-state index contributed by atoms with van der Waals surface area (Å²) >= 11 is 1.69. The van der Waals surface area contributed by atoms with Crippen molar-refractivity contribution >= 4 is 21.6 Å². The quantitative estimate of drug-likeness (QED) is 0.779. The van der Waals surface area contributed by atoms with Gasteiger partial charge >= 0.3 is 0 Å². The molecule has 2 aromatic heterocycles. The van der Waals surface area contributed by atoms with E-state index in [1.807, 2.05) is 0 Å². The van der Waals surface area contributed by atoms with E-state index in [2.05, 4.69) is 30.7 Å². The van der Waals surface area contributed by atoms with Crippen LogP contribution in [0.25, 0.3) is 10.2 Å². The second-order valence-corrected chi connectivity index (χ2v) is 6.72. The van der Waals surface area contributed by atoms with Crippen molar-refractivity contribution in [2.24, 2.45) is 5.92 Å². The highest BCUT2D eigenvalue weighted by Gasteiger charge is 2.35. The zero-order valence-corrected chi connectivity index (χ0v) is 11.1. The molecule has 0 unspecified atom stereocenters. The standard InChI is InChI=1S/C13H16N2OS/c1-7-4-8-9-11(16)14-6-15-12(9)17-10(8)13(2,3)5-7/h6-7H,4-5H2,1-3H3,(H,14,15,16)/t7-/m0/s1. The van der Waals surface area contributed by atoms with Gasteiger partial charge in [0.2, 0.25) is 0 Å². The van der Waals surface area contributed by atoms with Gasteiger partial charge in [0.25, 0.3) is 5.56 Å². The van der Waals surface area contributed by atoms with E-state index in [1.54, 1.807) is 11.3 Å². The highest BCUT2D eigenvalue weighted by Crippen LogP contribution is 2.45.